The second-order valence-corrected chi connectivity index (χ2v) is 6.16. The van der Waals surface area contributed by atoms with Gasteiger partial charge in [-0.2, -0.15) is 0 Å². The summed E-state index contributed by atoms with van der Waals surface area (Å²) in [6.07, 6.45) is 8.26. The first-order chi connectivity index (χ1) is 7.68. The number of likely N-dealkylation sites (tertiary alicyclic amines) is 1. The fourth-order valence-electron chi connectivity index (χ4n) is 3.71. The van der Waals surface area contributed by atoms with E-state index < -0.39 is 0 Å². The van der Waals surface area contributed by atoms with E-state index in [1.54, 1.807) is 0 Å². The fourth-order valence-corrected chi connectivity index (χ4v) is 3.71. The summed E-state index contributed by atoms with van der Waals surface area (Å²) in [7, 11) is 0. The predicted molar refractivity (Wildman–Crippen MR) is 69.4 cm³/mol. The van der Waals surface area contributed by atoms with Crippen LogP contribution in [0.2, 0.25) is 0 Å². The van der Waals surface area contributed by atoms with E-state index in [2.05, 4.69) is 18.7 Å². The molecule has 1 saturated carbocycles. The zero-order chi connectivity index (χ0) is 11.5. The van der Waals surface area contributed by atoms with Crippen molar-refractivity contribution < 1.29 is 0 Å². The van der Waals surface area contributed by atoms with Gasteiger partial charge in [0.2, 0.25) is 0 Å². The van der Waals surface area contributed by atoms with E-state index in [-0.39, 0.29) is 0 Å². The van der Waals surface area contributed by atoms with Gasteiger partial charge in [0.15, 0.2) is 0 Å². The Bertz CT molecular complexity index is 215. The van der Waals surface area contributed by atoms with Crippen LogP contribution < -0.4 is 5.73 Å². The lowest BCUT2D eigenvalue weighted by Gasteiger charge is -2.44. The normalized spacial score (nSPS) is 37.9. The summed E-state index contributed by atoms with van der Waals surface area (Å²) in [6, 6.07) is 1.27. The molecule has 3 atom stereocenters. The highest BCUT2D eigenvalue weighted by molar-refractivity contribution is 4.88. The number of hydrogen-bond acceptors (Lipinski definition) is 2. The summed E-state index contributed by atoms with van der Waals surface area (Å²) in [4.78, 5) is 2.71. The monoisotopic (exact) mass is 224 g/mol. The van der Waals surface area contributed by atoms with E-state index >= 15 is 0 Å². The van der Waals surface area contributed by atoms with Crippen molar-refractivity contribution in [3.05, 3.63) is 0 Å². The Kier molecular flexibility index (Phi) is 4.26. The van der Waals surface area contributed by atoms with Crippen LogP contribution in [0.3, 0.4) is 0 Å². The molecule has 1 saturated heterocycles. The van der Waals surface area contributed by atoms with Crippen LogP contribution in [0.4, 0.5) is 0 Å². The van der Waals surface area contributed by atoms with Gasteiger partial charge in [0.1, 0.15) is 0 Å². The van der Waals surface area contributed by atoms with Crippen molar-refractivity contribution in [2.45, 2.75) is 64.5 Å². The maximum absolute atomic E-state index is 6.11. The second kappa shape index (κ2) is 5.50. The van der Waals surface area contributed by atoms with E-state index in [9.17, 15) is 0 Å². The van der Waals surface area contributed by atoms with E-state index in [0.29, 0.717) is 6.04 Å². The summed E-state index contributed by atoms with van der Waals surface area (Å²) < 4.78 is 0. The number of rotatable bonds is 2. The van der Waals surface area contributed by atoms with Crippen LogP contribution in [0, 0.1) is 11.8 Å². The average molecular weight is 224 g/mol. The lowest BCUT2D eigenvalue weighted by atomic mass is 9.76. The molecule has 0 amide bonds. The minimum atomic E-state index is 0.434. The molecule has 2 fully saturated rings. The Hall–Kier alpha value is -0.0800. The largest absolute Gasteiger partial charge is 0.327 e. The number of hydrogen-bond donors (Lipinski definition) is 1. The molecule has 0 aromatic heterocycles. The van der Waals surface area contributed by atoms with Crippen LogP contribution in [0.1, 0.15) is 52.4 Å². The van der Waals surface area contributed by atoms with Gasteiger partial charge in [0.05, 0.1) is 0 Å². The SMILES string of the molecule is CC(C)C1CCCCC1N1CCCC(N)C1. The quantitative estimate of drug-likeness (QED) is 0.781. The van der Waals surface area contributed by atoms with Crippen molar-refractivity contribution in [2.24, 2.45) is 17.6 Å². The van der Waals surface area contributed by atoms with Gasteiger partial charge in [-0.1, -0.05) is 26.7 Å². The molecule has 2 N–H and O–H groups in total. The van der Waals surface area contributed by atoms with Crippen LogP contribution in [-0.2, 0) is 0 Å². The topological polar surface area (TPSA) is 29.3 Å². The summed E-state index contributed by atoms with van der Waals surface area (Å²) in [5.41, 5.74) is 6.11. The molecule has 2 rings (SSSR count). The highest BCUT2D eigenvalue weighted by atomic mass is 15.2. The van der Waals surface area contributed by atoms with Crippen molar-refractivity contribution in [2.75, 3.05) is 13.1 Å². The third-order valence-corrected chi connectivity index (χ3v) is 4.60. The maximum Gasteiger partial charge on any atom is 0.0168 e. The van der Waals surface area contributed by atoms with Gasteiger partial charge in [-0.05, 0) is 44.1 Å². The minimum absolute atomic E-state index is 0.434. The molecule has 0 radical (unpaired) electrons. The van der Waals surface area contributed by atoms with Crippen LogP contribution in [0.25, 0.3) is 0 Å². The molecule has 0 bridgehead atoms. The third kappa shape index (κ3) is 2.78. The second-order valence-electron chi connectivity index (χ2n) is 6.16. The Labute approximate surface area is 101 Å². The van der Waals surface area contributed by atoms with Gasteiger partial charge in [0.25, 0.3) is 0 Å². The lowest BCUT2D eigenvalue weighted by Crippen LogP contribution is -2.51. The van der Waals surface area contributed by atoms with Gasteiger partial charge in [-0.15, -0.1) is 0 Å². The zero-order valence-electron chi connectivity index (χ0n) is 11.0. The van der Waals surface area contributed by atoms with Gasteiger partial charge in [0, 0.05) is 18.6 Å². The molecular weight excluding hydrogens is 196 g/mol. The van der Waals surface area contributed by atoms with Crippen molar-refractivity contribution in [3.8, 4) is 0 Å². The van der Waals surface area contributed by atoms with Crippen molar-refractivity contribution >= 4 is 0 Å². The van der Waals surface area contributed by atoms with Gasteiger partial charge < -0.3 is 5.73 Å². The zero-order valence-corrected chi connectivity index (χ0v) is 11.0. The van der Waals surface area contributed by atoms with Crippen molar-refractivity contribution in [1.29, 1.82) is 0 Å². The Morgan fingerprint density at radius 2 is 1.81 bits per heavy atom. The third-order valence-electron chi connectivity index (χ3n) is 4.60. The molecule has 1 aliphatic heterocycles. The molecular formula is C14H28N2. The van der Waals surface area contributed by atoms with Crippen LogP contribution in [0.15, 0.2) is 0 Å². The van der Waals surface area contributed by atoms with Crippen LogP contribution >= 0.6 is 0 Å². The number of piperidine rings is 1. The highest BCUT2D eigenvalue weighted by Crippen LogP contribution is 2.34. The summed E-state index contributed by atoms with van der Waals surface area (Å²) >= 11 is 0. The molecule has 2 aliphatic rings. The van der Waals surface area contributed by atoms with Crippen LogP contribution in [-0.4, -0.2) is 30.1 Å². The minimum Gasteiger partial charge on any atom is -0.327 e. The van der Waals surface area contributed by atoms with E-state index in [4.69, 9.17) is 5.73 Å². The Morgan fingerprint density at radius 1 is 1.06 bits per heavy atom. The molecule has 0 aromatic rings. The molecule has 2 heteroatoms. The fraction of sp³-hybridized carbons (Fsp3) is 1.00. The number of nitrogens with two attached hydrogens (primary N) is 1. The number of nitrogens with zero attached hydrogens (tertiary/aromatic N) is 1. The standard InChI is InChI=1S/C14H28N2/c1-11(2)13-7-3-4-8-14(13)16-9-5-6-12(15)10-16/h11-14H,3-10,15H2,1-2H3. The van der Waals surface area contributed by atoms with Gasteiger partial charge in [-0.3, -0.25) is 4.90 Å². The summed E-state index contributed by atoms with van der Waals surface area (Å²) in [5, 5.41) is 0. The molecule has 94 valence electrons. The first-order valence-corrected chi connectivity index (χ1v) is 7.18. The molecule has 16 heavy (non-hydrogen) atoms. The highest BCUT2D eigenvalue weighted by Gasteiger charge is 2.33. The van der Waals surface area contributed by atoms with Crippen molar-refractivity contribution in [3.63, 3.8) is 0 Å². The van der Waals surface area contributed by atoms with E-state index in [1.165, 1.54) is 45.1 Å². The Morgan fingerprint density at radius 3 is 2.50 bits per heavy atom. The molecule has 3 unspecified atom stereocenters. The van der Waals surface area contributed by atoms with E-state index in [1.807, 2.05) is 0 Å². The molecule has 0 spiro atoms. The van der Waals surface area contributed by atoms with Gasteiger partial charge in [-0.25, -0.2) is 0 Å². The van der Waals surface area contributed by atoms with Crippen LogP contribution in [0.5, 0.6) is 0 Å². The van der Waals surface area contributed by atoms with Crippen molar-refractivity contribution in [1.82, 2.24) is 4.90 Å². The summed E-state index contributed by atoms with van der Waals surface area (Å²) in [6.45, 7) is 7.23. The lowest BCUT2D eigenvalue weighted by molar-refractivity contribution is 0.0572. The molecule has 1 aliphatic carbocycles. The first kappa shape index (κ1) is 12.4. The average Bonchev–Trinajstić information content (AvgIpc) is 2.29. The predicted octanol–water partition coefficient (Wildman–Crippen LogP) is 2.62. The summed E-state index contributed by atoms with van der Waals surface area (Å²) in [5.74, 6) is 1.75. The molecule has 0 aromatic carbocycles. The maximum atomic E-state index is 6.11. The first-order valence-electron chi connectivity index (χ1n) is 7.18. The molecule has 2 nitrogen and oxygen atoms in total. The Balaban J connectivity index is 1.98. The molecule has 1 heterocycles. The smallest absolute Gasteiger partial charge is 0.0168 e. The van der Waals surface area contributed by atoms with E-state index in [0.717, 1.165) is 24.4 Å². The van der Waals surface area contributed by atoms with Gasteiger partial charge >= 0.3 is 0 Å².